The molecule has 0 saturated carbocycles. The van der Waals surface area contributed by atoms with Crippen molar-refractivity contribution in [3.63, 3.8) is 0 Å². The lowest BCUT2D eigenvalue weighted by atomic mass is 10.1. The number of hydrogen-bond donors (Lipinski definition) is 0. The van der Waals surface area contributed by atoms with E-state index in [9.17, 15) is 18.0 Å². The summed E-state index contributed by atoms with van der Waals surface area (Å²) in [5.74, 6) is -0.624. The largest absolute Gasteiger partial charge is 0.573 e. The number of carbonyl (C=O) groups excluding carboxylic acids is 1. The second kappa shape index (κ2) is 5.36. The number of ether oxygens (including phenoxy) is 1. The number of nitrogens with zero attached hydrogens (tertiary/aromatic N) is 1. The molecule has 0 aromatic heterocycles. The highest BCUT2D eigenvalue weighted by atomic mass is 19.4. The zero-order chi connectivity index (χ0) is 15.7. The standard InChI is InChI=1S/C16H10F3NO2/c17-16(18,19)22-13-6-3-4-11(8-13)10-20-14-7-2-1-5-12(14)9-15(20)21/h1-8H,10H2. The van der Waals surface area contributed by atoms with Gasteiger partial charge >= 0.3 is 6.36 Å². The first-order valence-corrected chi connectivity index (χ1v) is 6.45. The molecule has 1 heterocycles. The molecule has 1 aliphatic rings. The van der Waals surface area contributed by atoms with E-state index < -0.39 is 6.36 Å². The van der Waals surface area contributed by atoms with Crippen molar-refractivity contribution < 1.29 is 22.7 Å². The minimum Gasteiger partial charge on any atom is -0.406 e. The number of anilines is 1. The Hall–Kier alpha value is -2.50. The summed E-state index contributed by atoms with van der Waals surface area (Å²) in [4.78, 5) is 13.4. The van der Waals surface area contributed by atoms with Crippen LogP contribution in [0.25, 0.3) is 0 Å². The molecule has 0 aliphatic carbocycles. The molecular formula is C16H10F3NO2. The zero-order valence-corrected chi connectivity index (χ0v) is 11.2. The third-order valence-electron chi connectivity index (χ3n) is 3.15. The van der Waals surface area contributed by atoms with Crippen LogP contribution in [0.4, 0.5) is 18.9 Å². The highest BCUT2D eigenvalue weighted by Crippen LogP contribution is 2.32. The van der Waals surface area contributed by atoms with Crippen LogP contribution in [-0.2, 0) is 11.3 Å². The smallest absolute Gasteiger partial charge is 0.406 e. The van der Waals surface area contributed by atoms with Gasteiger partial charge in [0.25, 0.3) is 0 Å². The minimum atomic E-state index is -4.74. The van der Waals surface area contributed by atoms with Crippen LogP contribution >= 0.6 is 0 Å². The molecule has 3 rings (SSSR count). The molecule has 22 heavy (non-hydrogen) atoms. The summed E-state index contributed by atoms with van der Waals surface area (Å²) in [7, 11) is 0. The van der Waals surface area contributed by atoms with Crippen LogP contribution in [0.2, 0.25) is 0 Å². The van der Waals surface area contributed by atoms with E-state index in [1.54, 1.807) is 30.3 Å². The van der Waals surface area contributed by atoms with Crippen molar-refractivity contribution >= 4 is 11.6 Å². The van der Waals surface area contributed by atoms with Crippen molar-refractivity contribution in [1.29, 1.82) is 0 Å². The van der Waals surface area contributed by atoms with E-state index in [1.807, 2.05) is 0 Å². The second-order valence-corrected chi connectivity index (χ2v) is 4.73. The van der Waals surface area contributed by atoms with Crippen molar-refractivity contribution in [3.05, 3.63) is 66.1 Å². The quantitative estimate of drug-likeness (QED) is 0.867. The lowest BCUT2D eigenvalue weighted by molar-refractivity contribution is -0.274. The number of alkyl halides is 3. The summed E-state index contributed by atoms with van der Waals surface area (Å²) >= 11 is 0. The number of rotatable bonds is 3. The molecule has 6 heteroatoms. The molecule has 3 nitrogen and oxygen atoms in total. The maximum atomic E-state index is 12.2. The van der Waals surface area contributed by atoms with Crippen LogP contribution in [0.15, 0.2) is 48.5 Å². The number of halogens is 3. The number of carbonyl (C=O) groups is 1. The third kappa shape index (κ3) is 3.05. The molecule has 0 saturated heterocycles. The van der Waals surface area contributed by atoms with E-state index in [0.717, 1.165) is 0 Å². The molecule has 1 amide bonds. The van der Waals surface area contributed by atoms with E-state index in [2.05, 4.69) is 11.2 Å². The Morgan fingerprint density at radius 2 is 1.86 bits per heavy atom. The van der Waals surface area contributed by atoms with Gasteiger partial charge in [0.1, 0.15) is 12.2 Å². The lowest BCUT2D eigenvalue weighted by Gasteiger charge is -2.18. The summed E-state index contributed by atoms with van der Waals surface area (Å²) in [5, 5.41) is 0. The van der Waals surface area contributed by atoms with Crippen molar-refractivity contribution in [1.82, 2.24) is 0 Å². The Morgan fingerprint density at radius 1 is 1.09 bits per heavy atom. The summed E-state index contributed by atoms with van der Waals surface area (Å²) in [6, 6.07) is 12.7. The van der Waals surface area contributed by atoms with Gasteiger partial charge in [-0.2, -0.15) is 0 Å². The van der Waals surface area contributed by atoms with Gasteiger partial charge in [-0.15, -0.1) is 13.2 Å². The molecule has 0 unspecified atom stereocenters. The number of hydrogen-bond acceptors (Lipinski definition) is 2. The Labute approximate surface area is 124 Å². The lowest BCUT2D eigenvalue weighted by Crippen LogP contribution is -2.25. The molecule has 112 valence electrons. The fraction of sp³-hybridized carbons (Fsp3) is 0.125. The highest BCUT2D eigenvalue weighted by molar-refractivity contribution is 6.08. The Balaban J connectivity index is 1.82. The molecule has 0 fully saturated rings. The molecule has 2 aromatic rings. The third-order valence-corrected chi connectivity index (χ3v) is 3.15. The molecule has 1 aliphatic heterocycles. The van der Waals surface area contributed by atoms with E-state index in [-0.39, 0.29) is 18.2 Å². The molecule has 0 N–H and O–H groups in total. The average molecular weight is 305 g/mol. The van der Waals surface area contributed by atoms with Crippen LogP contribution in [0.1, 0.15) is 11.1 Å². The van der Waals surface area contributed by atoms with Crippen LogP contribution < -0.4 is 9.64 Å². The van der Waals surface area contributed by atoms with Crippen LogP contribution in [0.3, 0.4) is 0 Å². The fourth-order valence-electron chi connectivity index (χ4n) is 2.29. The monoisotopic (exact) mass is 305 g/mol. The predicted molar refractivity (Wildman–Crippen MR) is 73.1 cm³/mol. The van der Waals surface area contributed by atoms with E-state index in [4.69, 9.17) is 0 Å². The van der Waals surface area contributed by atoms with Crippen LogP contribution in [0, 0.1) is 6.42 Å². The molecule has 0 bridgehead atoms. The van der Waals surface area contributed by atoms with Crippen molar-refractivity contribution in [2.24, 2.45) is 0 Å². The Morgan fingerprint density at radius 3 is 2.64 bits per heavy atom. The number of amides is 1. The van der Waals surface area contributed by atoms with Gasteiger partial charge in [-0.25, -0.2) is 0 Å². The van der Waals surface area contributed by atoms with Gasteiger partial charge in [-0.05, 0) is 29.3 Å². The Bertz CT molecular complexity index is 713. The van der Waals surface area contributed by atoms with E-state index >= 15 is 0 Å². The first-order chi connectivity index (χ1) is 10.4. The van der Waals surface area contributed by atoms with Gasteiger partial charge in [-0.3, -0.25) is 4.79 Å². The molecular weight excluding hydrogens is 295 g/mol. The van der Waals surface area contributed by atoms with Gasteiger partial charge in [0, 0.05) is 5.69 Å². The van der Waals surface area contributed by atoms with Gasteiger partial charge in [0.15, 0.2) is 0 Å². The number of benzene rings is 2. The average Bonchev–Trinajstić information content (AvgIpc) is 2.74. The summed E-state index contributed by atoms with van der Waals surface area (Å²) < 4.78 is 40.6. The van der Waals surface area contributed by atoms with Gasteiger partial charge in [-0.1, -0.05) is 30.3 Å². The van der Waals surface area contributed by atoms with Crippen molar-refractivity contribution in [2.45, 2.75) is 12.9 Å². The van der Waals surface area contributed by atoms with Crippen LogP contribution in [-0.4, -0.2) is 12.3 Å². The molecule has 0 atom stereocenters. The van der Waals surface area contributed by atoms with Gasteiger partial charge in [0.05, 0.1) is 6.54 Å². The zero-order valence-electron chi connectivity index (χ0n) is 11.2. The van der Waals surface area contributed by atoms with Crippen molar-refractivity contribution in [3.8, 4) is 5.75 Å². The summed E-state index contributed by atoms with van der Waals surface area (Å²) in [6.07, 6.45) is -2.04. The topological polar surface area (TPSA) is 29.5 Å². The van der Waals surface area contributed by atoms with E-state index in [0.29, 0.717) is 16.8 Å². The maximum Gasteiger partial charge on any atom is 0.573 e. The first kappa shape index (κ1) is 14.4. The SMILES string of the molecule is O=C1[C]c2ccccc2N1Cc1cccc(OC(F)(F)F)c1. The van der Waals surface area contributed by atoms with E-state index in [1.165, 1.54) is 23.1 Å². The predicted octanol–water partition coefficient (Wildman–Crippen LogP) is 3.56. The molecule has 0 spiro atoms. The van der Waals surface area contributed by atoms with Crippen molar-refractivity contribution in [2.75, 3.05) is 4.90 Å². The fourth-order valence-corrected chi connectivity index (χ4v) is 2.29. The van der Waals surface area contributed by atoms with Gasteiger partial charge < -0.3 is 9.64 Å². The summed E-state index contributed by atoms with van der Waals surface area (Å²) in [5.41, 5.74) is 1.90. The highest BCUT2D eigenvalue weighted by Gasteiger charge is 2.31. The number of para-hydroxylation sites is 1. The normalized spacial score (nSPS) is 14.1. The second-order valence-electron chi connectivity index (χ2n) is 4.73. The maximum absolute atomic E-state index is 12.2. The molecule has 2 aromatic carbocycles. The molecule has 2 radical (unpaired) electrons. The van der Waals surface area contributed by atoms with Gasteiger partial charge in [0.2, 0.25) is 5.91 Å². The first-order valence-electron chi connectivity index (χ1n) is 6.45. The minimum absolute atomic E-state index is 0.151. The summed E-state index contributed by atoms with van der Waals surface area (Å²) in [6.45, 7) is 0.151. The van der Waals surface area contributed by atoms with Crippen LogP contribution in [0.5, 0.6) is 5.75 Å². The number of fused-ring (bicyclic) bond motifs is 1. The Kier molecular flexibility index (Phi) is 3.52.